The minimum Gasteiger partial charge on any atom is -0.398 e. The summed E-state index contributed by atoms with van der Waals surface area (Å²) in [5.41, 5.74) is 11.9. The van der Waals surface area contributed by atoms with Gasteiger partial charge in [0.25, 0.3) is 0 Å². The molecule has 17 heavy (non-hydrogen) atoms. The van der Waals surface area contributed by atoms with Crippen LogP contribution in [0.5, 0.6) is 0 Å². The third-order valence-electron chi connectivity index (χ3n) is 3.40. The molecule has 94 valence electrons. The molecule has 0 aromatic heterocycles. The van der Waals surface area contributed by atoms with Crippen LogP contribution in [0.3, 0.4) is 0 Å². The van der Waals surface area contributed by atoms with Crippen molar-refractivity contribution in [1.29, 1.82) is 0 Å². The van der Waals surface area contributed by atoms with Gasteiger partial charge in [0.2, 0.25) is 0 Å². The molecule has 0 saturated heterocycles. The molecular formula is C15H23NO. The van der Waals surface area contributed by atoms with Gasteiger partial charge in [-0.25, -0.2) is 0 Å². The van der Waals surface area contributed by atoms with Gasteiger partial charge < -0.3 is 10.8 Å². The van der Waals surface area contributed by atoms with E-state index >= 15 is 0 Å². The number of nitrogen functional groups attached to an aromatic ring is 1. The highest BCUT2D eigenvalue weighted by Gasteiger charge is 2.12. The summed E-state index contributed by atoms with van der Waals surface area (Å²) in [6, 6.07) is 0. The molecule has 0 fully saturated rings. The molecular weight excluding hydrogens is 210 g/mol. The molecule has 0 aliphatic carbocycles. The Bertz CT molecular complexity index is 436. The average Bonchev–Trinajstić information content (AvgIpc) is 2.22. The van der Waals surface area contributed by atoms with Crippen molar-refractivity contribution in [3.63, 3.8) is 0 Å². The summed E-state index contributed by atoms with van der Waals surface area (Å²) in [4.78, 5) is 0. The van der Waals surface area contributed by atoms with Crippen LogP contribution in [-0.4, -0.2) is 10.7 Å². The van der Waals surface area contributed by atoms with Crippen molar-refractivity contribution in [3.8, 4) is 0 Å². The Morgan fingerprint density at radius 3 is 1.71 bits per heavy atom. The van der Waals surface area contributed by atoms with E-state index in [2.05, 4.69) is 13.8 Å². The van der Waals surface area contributed by atoms with Crippen molar-refractivity contribution in [2.75, 3.05) is 5.73 Å². The first-order valence-corrected chi connectivity index (χ1v) is 5.92. The number of benzene rings is 1. The first-order valence-electron chi connectivity index (χ1n) is 5.92. The molecule has 3 N–H and O–H groups in total. The molecule has 0 spiro atoms. The highest BCUT2D eigenvalue weighted by atomic mass is 16.3. The lowest BCUT2D eigenvalue weighted by atomic mass is 9.91. The van der Waals surface area contributed by atoms with E-state index in [0.29, 0.717) is 0 Å². The van der Waals surface area contributed by atoms with Crippen molar-refractivity contribution >= 4 is 11.8 Å². The van der Waals surface area contributed by atoms with Gasteiger partial charge in [-0.3, -0.25) is 0 Å². The van der Waals surface area contributed by atoms with Gasteiger partial charge in [-0.05, 0) is 69.4 Å². The second-order valence-corrected chi connectivity index (χ2v) is 5.31. The maximum absolute atomic E-state index is 9.74. The third kappa shape index (κ3) is 2.89. The first kappa shape index (κ1) is 13.8. The van der Waals surface area contributed by atoms with Crippen LogP contribution in [0, 0.1) is 27.7 Å². The van der Waals surface area contributed by atoms with Gasteiger partial charge in [-0.15, -0.1) is 0 Å². The lowest BCUT2D eigenvalue weighted by molar-refractivity contribution is 0.134. The number of hydrogen-bond acceptors (Lipinski definition) is 2. The molecule has 0 atom stereocenters. The zero-order valence-corrected chi connectivity index (χ0v) is 11.7. The quantitative estimate of drug-likeness (QED) is 0.770. The molecule has 2 heteroatoms. The predicted molar refractivity (Wildman–Crippen MR) is 75.1 cm³/mol. The van der Waals surface area contributed by atoms with Gasteiger partial charge in [0.1, 0.15) is 0 Å². The first-order chi connectivity index (χ1) is 7.65. The number of hydrogen-bond donors (Lipinski definition) is 2. The second-order valence-electron chi connectivity index (χ2n) is 5.31. The van der Waals surface area contributed by atoms with E-state index in [-0.39, 0.29) is 0 Å². The maximum Gasteiger partial charge on any atom is 0.0774 e. The largest absolute Gasteiger partial charge is 0.398 e. The SMILES string of the molecule is Cc1c(C)c(/C=C/C(C)(C)O)c(C)c(C)c1N. The van der Waals surface area contributed by atoms with E-state index in [1.54, 1.807) is 13.8 Å². The van der Waals surface area contributed by atoms with E-state index in [1.807, 2.05) is 26.0 Å². The Morgan fingerprint density at radius 1 is 0.941 bits per heavy atom. The molecule has 1 aromatic rings. The molecule has 0 unspecified atom stereocenters. The normalized spacial score (nSPS) is 12.4. The Kier molecular flexibility index (Phi) is 3.68. The summed E-state index contributed by atoms with van der Waals surface area (Å²) in [6.07, 6.45) is 3.81. The van der Waals surface area contributed by atoms with Crippen LogP contribution in [0.25, 0.3) is 6.08 Å². The van der Waals surface area contributed by atoms with E-state index in [4.69, 9.17) is 5.73 Å². The molecule has 0 aliphatic heterocycles. The second kappa shape index (κ2) is 4.53. The van der Waals surface area contributed by atoms with Gasteiger partial charge in [-0.2, -0.15) is 0 Å². The van der Waals surface area contributed by atoms with Crippen LogP contribution in [-0.2, 0) is 0 Å². The molecule has 0 bridgehead atoms. The highest BCUT2D eigenvalue weighted by Crippen LogP contribution is 2.29. The smallest absolute Gasteiger partial charge is 0.0774 e. The molecule has 0 amide bonds. The Morgan fingerprint density at radius 2 is 1.35 bits per heavy atom. The zero-order chi connectivity index (χ0) is 13.4. The molecule has 1 rings (SSSR count). The molecule has 2 nitrogen and oxygen atoms in total. The van der Waals surface area contributed by atoms with Crippen molar-refractivity contribution in [2.45, 2.75) is 47.1 Å². The summed E-state index contributed by atoms with van der Waals surface area (Å²) in [7, 11) is 0. The van der Waals surface area contributed by atoms with Crippen LogP contribution >= 0.6 is 0 Å². The van der Waals surface area contributed by atoms with Crippen molar-refractivity contribution in [3.05, 3.63) is 33.9 Å². The van der Waals surface area contributed by atoms with Crippen LogP contribution < -0.4 is 5.73 Å². The minimum atomic E-state index is -0.790. The maximum atomic E-state index is 9.74. The minimum absolute atomic E-state index is 0.790. The summed E-state index contributed by atoms with van der Waals surface area (Å²) >= 11 is 0. The summed E-state index contributed by atoms with van der Waals surface area (Å²) in [5.74, 6) is 0. The Labute approximate surface area is 104 Å². The van der Waals surface area contributed by atoms with E-state index < -0.39 is 5.60 Å². The fourth-order valence-corrected chi connectivity index (χ4v) is 1.91. The number of nitrogens with two attached hydrogens (primary N) is 1. The third-order valence-corrected chi connectivity index (χ3v) is 3.40. The summed E-state index contributed by atoms with van der Waals surface area (Å²) < 4.78 is 0. The number of aliphatic hydroxyl groups is 1. The summed E-state index contributed by atoms with van der Waals surface area (Å²) in [5, 5.41) is 9.74. The van der Waals surface area contributed by atoms with Crippen molar-refractivity contribution in [2.24, 2.45) is 0 Å². The van der Waals surface area contributed by atoms with Gasteiger partial charge in [0.05, 0.1) is 5.60 Å². The Hall–Kier alpha value is -1.28. The van der Waals surface area contributed by atoms with Crippen LogP contribution in [0.15, 0.2) is 6.08 Å². The van der Waals surface area contributed by atoms with Gasteiger partial charge >= 0.3 is 0 Å². The van der Waals surface area contributed by atoms with E-state index in [9.17, 15) is 5.11 Å². The zero-order valence-electron chi connectivity index (χ0n) is 11.7. The van der Waals surface area contributed by atoms with Crippen LogP contribution in [0.1, 0.15) is 41.7 Å². The molecule has 0 radical (unpaired) electrons. The molecule has 0 aliphatic rings. The predicted octanol–water partition coefficient (Wildman–Crippen LogP) is 3.29. The van der Waals surface area contributed by atoms with Crippen molar-refractivity contribution < 1.29 is 5.11 Å². The number of rotatable bonds is 2. The lowest BCUT2D eigenvalue weighted by Gasteiger charge is -2.17. The highest BCUT2D eigenvalue weighted by molar-refractivity contribution is 5.70. The van der Waals surface area contributed by atoms with Crippen molar-refractivity contribution in [1.82, 2.24) is 0 Å². The van der Waals surface area contributed by atoms with E-state index in [0.717, 1.165) is 22.4 Å². The lowest BCUT2D eigenvalue weighted by Crippen LogP contribution is -2.13. The fraction of sp³-hybridized carbons (Fsp3) is 0.467. The molecule has 1 aromatic carbocycles. The monoisotopic (exact) mass is 233 g/mol. The van der Waals surface area contributed by atoms with Gasteiger partial charge in [0.15, 0.2) is 0 Å². The van der Waals surface area contributed by atoms with Gasteiger partial charge in [-0.1, -0.05) is 12.2 Å². The number of anilines is 1. The van der Waals surface area contributed by atoms with Crippen LogP contribution in [0.4, 0.5) is 5.69 Å². The molecule has 0 saturated carbocycles. The van der Waals surface area contributed by atoms with Crippen LogP contribution in [0.2, 0.25) is 0 Å². The molecule has 0 heterocycles. The van der Waals surface area contributed by atoms with E-state index in [1.165, 1.54) is 11.1 Å². The summed E-state index contributed by atoms with van der Waals surface area (Å²) in [6.45, 7) is 11.8. The average molecular weight is 233 g/mol. The standard InChI is InChI=1S/C15H23NO/c1-9-11(3)14(16)12(4)10(2)13(9)7-8-15(5,6)17/h7-8,17H,16H2,1-6H3/b8-7+. The van der Waals surface area contributed by atoms with Gasteiger partial charge in [0, 0.05) is 5.69 Å². The fourth-order valence-electron chi connectivity index (χ4n) is 1.91. The topological polar surface area (TPSA) is 46.2 Å². The Balaban J connectivity index is 3.40.